The number of aryl methyl sites for hydroxylation is 2. The van der Waals surface area contributed by atoms with E-state index in [-0.39, 0.29) is 5.54 Å². The van der Waals surface area contributed by atoms with E-state index in [1.54, 1.807) is 0 Å². The zero-order valence-corrected chi connectivity index (χ0v) is 12.8. The van der Waals surface area contributed by atoms with E-state index in [1.807, 2.05) is 13.8 Å². The molecule has 1 fully saturated rings. The molecule has 1 saturated heterocycles. The molecule has 0 saturated carbocycles. The van der Waals surface area contributed by atoms with E-state index in [2.05, 4.69) is 47.0 Å². The fraction of sp³-hybridized carbons (Fsp3) is 0.733. The zero-order valence-electron chi connectivity index (χ0n) is 12.8. The first-order chi connectivity index (χ1) is 8.85. The molecule has 0 radical (unpaired) electrons. The van der Waals surface area contributed by atoms with Crippen LogP contribution in [0.2, 0.25) is 0 Å². The van der Waals surface area contributed by atoms with Crippen LogP contribution in [0.1, 0.15) is 45.1 Å². The molecule has 0 aromatic carbocycles. The van der Waals surface area contributed by atoms with E-state index in [0.717, 1.165) is 30.4 Å². The molecular formula is C15H26N4. The summed E-state index contributed by atoms with van der Waals surface area (Å²) in [7, 11) is 0. The Morgan fingerprint density at radius 2 is 2.05 bits per heavy atom. The second kappa shape index (κ2) is 5.45. The molecule has 1 aromatic heterocycles. The van der Waals surface area contributed by atoms with Crippen LogP contribution < -0.4 is 10.2 Å². The monoisotopic (exact) mass is 262 g/mol. The highest BCUT2D eigenvalue weighted by Crippen LogP contribution is 2.24. The second-order valence-corrected chi connectivity index (χ2v) is 6.54. The Bertz CT molecular complexity index is 416. The molecule has 1 atom stereocenters. The molecule has 0 spiro atoms. The molecule has 1 aliphatic heterocycles. The number of anilines is 1. The molecule has 2 rings (SSSR count). The molecule has 0 amide bonds. The fourth-order valence-electron chi connectivity index (χ4n) is 2.62. The van der Waals surface area contributed by atoms with Gasteiger partial charge < -0.3 is 10.2 Å². The number of rotatable bonds is 3. The largest absolute Gasteiger partial charge is 0.352 e. The first-order valence-electron chi connectivity index (χ1n) is 7.19. The summed E-state index contributed by atoms with van der Waals surface area (Å²) >= 11 is 0. The molecule has 1 unspecified atom stereocenters. The Labute approximate surface area is 116 Å². The van der Waals surface area contributed by atoms with Gasteiger partial charge in [0.1, 0.15) is 11.6 Å². The normalized spacial score (nSPS) is 20.1. The lowest BCUT2D eigenvalue weighted by Gasteiger charge is -2.30. The Morgan fingerprint density at radius 3 is 2.68 bits per heavy atom. The topological polar surface area (TPSA) is 41.0 Å². The molecule has 4 nitrogen and oxygen atoms in total. The number of nitrogens with one attached hydrogen (secondary N) is 1. The Balaban J connectivity index is 2.09. The summed E-state index contributed by atoms with van der Waals surface area (Å²) in [5.41, 5.74) is 1.23. The van der Waals surface area contributed by atoms with Gasteiger partial charge in [-0.1, -0.05) is 0 Å². The van der Waals surface area contributed by atoms with Crippen LogP contribution in [-0.4, -0.2) is 34.6 Å². The van der Waals surface area contributed by atoms with Gasteiger partial charge in [0, 0.05) is 36.4 Å². The van der Waals surface area contributed by atoms with Crippen molar-refractivity contribution in [2.45, 2.75) is 59.0 Å². The van der Waals surface area contributed by atoms with Crippen molar-refractivity contribution in [3.05, 3.63) is 17.6 Å². The van der Waals surface area contributed by atoms with Crippen molar-refractivity contribution in [1.82, 2.24) is 15.3 Å². The third-order valence-corrected chi connectivity index (χ3v) is 3.49. The summed E-state index contributed by atoms with van der Waals surface area (Å²) in [5, 5.41) is 3.61. The van der Waals surface area contributed by atoms with Crippen molar-refractivity contribution < 1.29 is 0 Å². The van der Waals surface area contributed by atoms with Crippen LogP contribution in [0.3, 0.4) is 0 Å². The van der Waals surface area contributed by atoms with Crippen molar-refractivity contribution in [3.8, 4) is 0 Å². The van der Waals surface area contributed by atoms with Crippen LogP contribution in [0, 0.1) is 13.8 Å². The van der Waals surface area contributed by atoms with Gasteiger partial charge >= 0.3 is 0 Å². The van der Waals surface area contributed by atoms with Crippen molar-refractivity contribution >= 4 is 5.82 Å². The van der Waals surface area contributed by atoms with Crippen LogP contribution in [0.15, 0.2) is 6.07 Å². The van der Waals surface area contributed by atoms with Crippen LogP contribution in [0.25, 0.3) is 0 Å². The highest BCUT2D eigenvalue weighted by molar-refractivity contribution is 5.42. The first kappa shape index (κ1) is 14.3. The number of aromatic nitrogens is 2. The van der Waals surface area contributed by atoms with Gasteiger partial charge in [-0.3, -0.25) is 0 Å². The minimum Gasteiger partial charge on any atom is -0.352 e. The van der Waals surface area contributed by atoms with Gasteiger partial charge in [-0.15, -0.1) is 0 Å². The average molecular weight is 262 g/mol. The molecular weight excluding hydrogens is 236 g/mol. The molecule has 1 aromatic rings. The molecule has 19 heavy (non-hydrogen) atoms. The van der Waals surface area contributed by atoms with Crippen LogP contribution >= 0.6 is 0 Å². The maximum atomic E-state index is 4.60. The van der Waals surface area contributed by atoms with Gasteiger partial charge in [-0.2, -0.15) is 0 Å². The van der Waals surface area contributed by atoms with Gasteiger partial charge in [-0.25, -0.2) is 9.97 Å². The van der Waals surface area contributed by atoms with Crippen LogP contribution in [-0.2, 0) is 0 Å². The quantitative estimate of drug-likeness (QED) is 0.908. The van der Waals surface area contributed by atoms with E-state index in [9.17, 15) is 0 Å². The Hall–Kier alpha value is -1.16. The van der Waals surface area contributed by atoms with Crippen molar-refractivity contribution in [2.24, 2.45) is 0 Å². The fourth-order valence-corrected chi connectivity index (χ4v) is 2.62. The van der Waals surface area contributed by atoms with Gasteiger partial charge in [-0.05, 0) is 47.5 Å². The third kappa shape index (κ3) is 3.90. The predicted molar refractivity (Wildman–Crippen MR) is 79.6 cm³/mol. The average Bonchev–Trinajstić information content (AvgIpc) is 2.72. The summed E-state index contributed by atoms with van der Waals surface area (Å²) in [4.78, 5) is 11.4. The standard InChI is InChI=1S/C15H26N4/c1-11-9-14(18-12(2)17-11)19-8-6-7-13(19)10-16-15(3,4)5/h9,13,16H,6-8,10H2,1-5H3. The Morgan fingerprint density at radius 1 is 1.32 bits per heavy atom. The smallest absolute Gasteiger partial charge is 0.132 e. The lowest BCUT2D eigenvalue weighted by atomic mass is 10.1. The number of nitrogens with zero attached hydrogens (tertiary/aromatic N) is 3. The predicted octanol–water partition coefficient (Wildman–Crippen LogP) is 2.45. The number of hydrogen-bond acceptors (Lipinski definition) is 4. The summed E-state index contributed by atoms with van der Waals surface area (Å²) < 4.78 is 0. The summed E-state index contributed by atoms with van der Waals surface area (Å²) in [6.07, 6.45) is 2.49. The van der Waals surface area contributed by atoms with Crippen molar-refractivity contribution in [2.75, 3.05) is 18.0 Å². The lowest BCUT2D eigenvalue weighted by Crippen LogP contribution is -2.45. The SMILES string of the molecule is Cc1cc(N2CCCC2CNC(C)(C)C)nc(C)n1. The Kier molecular flexibility index (Phi) is 4.09. The summed E-state index contributed by atoms with van der Waals surface area (Å²) in [6, 6.07) is 2.65. The maximum Gasteiger partial charge on any atom is 0.132 e. The van der Waals surface area contributed by atoms with Gasteiger partial charge in [0.25, 0.3) is 0 Å². The molecule has 1 aliphatic rings. The van der Waals surface area contributed by atoms with Crippen molar-refractivity contribution in [3.63, 3.8) is 0 Å². The molecule has 1 N–H and O–H groups in total. The van der Waals surface area contributed by atoms with Gasteiger partial charge in [0.2, 0.25) is 0 Å². The van der Waals surface area contributed by atoms with Crippen LogP contribution in [0.4, 0.5) is 5.82 Å². The minimum absolute atomic E-state index is 0.172. The molecule has 4 heteroatoms. The maximum absolute atomic E-state index is 4.60. The second-order valence-electron chi connectivity index (χ2n) is 6.54. The summed E-state index contributed by atoms with van der Waals surface area (Å²) in [5.74, 6) is 1.95. The van der Waals surface area contributed by atoms with Crippen LogP contribution in [0.5, 0.6) is 0 Å². The van der Waals surface area contributed by atoms with Gasteiger partial charge in [0.15, 0.2) is 0 Å². The van der Waals surface area contributed by atoms with Crippen molar-refractivity contribution in [1.29, 1.82) is 0 Å². The number of hydrogen-bond donors (Lipinski definition) is 1. The summed E-state index contributed by atoms with van der Waals surface area (Å²) in [6.45, 7) is 12.8. The molecule has 2 heterocycles. The van der Waals surface area contributed by atoms with Gasteiger partial charge in [0.05, 0.1) is 0 Å². The van der Waals surface area contributed by atoms with E-state index >= 15 is 0 Å². The molecule has 106 valence electrons. The molecule has 0 bridgehead atoms. The zero-order chi connectivity index (χ0) is 14.0. The third-order valence-electron chi connectivity index (χ3n) is 3.49. The van der Waals surface area contributed by atoms with E-state index in [4.69, 9.17) is 0 Å². The van der Waals surface area contributed by atoms with E-state index < -0.39 is 0 Å². The van der Waals surface area contributed by atoms with E-state index in [0.29, 0.717) is 6.04 Å². The first-order valence-corrected chi connectivity index (χ1v) is 7.19. The molecule has 0 aliphatic carbocycles. The minimum atomic E-state index is 0.172. The lowest BCUT2D eigenvalue weighted by molar-refractivity contribution is 0.404. The highest BCUT2D eigenvalue weighted by atomic mass is 15.3. The highest BCUT2D eigenvalue weighted by Gasteiger charge is 2.27. The van der Waals surface area contributed by atoms with E-state index in [1.165, 1.54) is 12.8 Å².